The van der Waals surface area contributed by atoms with Gasteiger partial charge in [0.2, 0.25) is 11.8 Å². The SMILES string of the molecule is CCCCCNC(=O)C1(C(=O)Nc2ccc(C(C)C)cc2)CC1. The second-order valence-electron chi connectivity index (χ2n) is 6.78. The van der Waals surface area contributed by atoms with Crippen molar-refractivity contribution in [2.45, 2.75) is 58.8 Å². The van der Waals surface area contributed by atoms with E-state index in [-0.39, 0.29) is 11.8 Å². The van der Waals surface area contributed by atoms with Crippen molar-refractivity contribution in [1.29, 1.82) is 0 Å². The summed E-state index contributed by atoms with van der Waals surface area (Å²) >= 11 is 0. The van der Waals surface area contributed by atoms with Crippen molar-refractivity contribution in [3.63, 3.8) is 0 Å². The molecule has 1 aromatic rings. The summed E-state index contributed by atoms with van der Waals surface area (Å²) in [6.45, 7) is 7.05. The van der Waals surface area contributed by atoms with E-state index < -0.39 is 5.41 Å². The number of hydrogen-bond acceptors (Lipinski definition) is 2. The predicted octanol–water partition coefficient (Wildman–Crippen LogP) is 3.84. The van der Waals surface area contributed by atoms with E-state index in [1.807, 2.05) is 24.3 Å². The summed E-state index contributed by atoms with van der Waals surface area (Å²) in [5, 5.41) is 5.80. The van der Waals surface area contributed by atoms with Crippen molar-refractivity contribution in [3.05, 3.63) is 29.8 Å². The first-order valence-electron chi connectivity index (χ1n) is 8.69. The van der Waals surface area contributed by atoms with Crippen molar-refractivity contribution in [2.24, 2.45) is 5.41 Å². The Morgan fingerprint density at radius 1 is 1.09 bits per heavy atom. The average molecular weight is 316 g/mol. The summed E-state index contributed by atoms with van der Waals surface area (Å²) in [6, 6.07) is 7.85. The summed E-state index contributed by atoms with van der Waals surface area (Å²) < 4.78 is 0. The molecule has 4 heteroatoms. The number of benzene rings is 1. The van der Waals surface area contributed by atoms with Crippen LogP contribution in [-0.4, -0.2) is 18.4 Å². The number of anilines is 1. The summed E-state index contributed by atoms with van der Waals surface area (Å²) in [4.78, 5) is 24.8. The fourth-order valence-electron chi connectivity index (χ4n) is 2.63. The normalized spacial score (nSPS) is 15.3. The molecule has 0 saturated heterocycles. The molecule has 2 N–H and O–H groups in total. The van der Waals surface area contributed by atoms with Gasteiger partial charge in [-0.25, -0.2) is 0 Å². The molecule has 0 heterocycles. The molecule has 126 valence electrons. The molecule has 1 saturated carbocycles. The maximum Gasteiger partial charge on any atom is 0.240 e. The molecule has 0 bridgehead atoms. The van der Waals surface area contributed by atoms with E-state index in [0.29, 0.717) is 25.3 Å². The largest absolute Gasteiger partial charge is 0.355 e. The Labute approximate surface area is 139 Å². The average Bonchev–Trinajstić information content (AvgIpc) is 3.34. The first-order chi connectivity index (χ1) is 11.0. The van der Waals surface area contributed by atoms with E-state index >= 15 is 0 Å². The fraction of sp³-hybridized carbons (Fsp3) is 0.579. The van der Waals surface area contributed by atoms with Crippen LogP contribution in [0.5, 0.6) is 0 Å². The zero-order valence-electron chi connectivity index (χ0n) is 14.4. The standard InChI is InChI=1S/C19H28N2O2/c1-4-5-6-13-20-17(22)19(11-12-19)18(23)21-16-9-7-15(8-10-16)14(2)3/h7-10,14H,4-6,11-13H2,1-3H3,(H,20,22)(H,21,23). The first-order valence-corrected chi connectivity index (χ1v) is 8.69. The molecule has 0 aliphatic heterocycles. The summed E-state index contributed by atoms with van der Waals surface area (Å²) in [5.74, 6) is 0.163. The van der Waals surface area contributed by atoms with Gasteiger partial charge in [0.15, 0.2) is 0 Å². The highest BCUT2D eigenvalue weighted by Gasteiger charge is 2.56. The number of carbonyl (C=O) groups excluding carboxylic acids is 2. The number of nitrogens with one attached hydrogen (secondary N) is 2. The molecule has 4 nitrogen and oxygen atoms in total. The van der Waals surface area contributed by atoms with Crippen molar-refractivity contribution >= 4 is 17.5 Å². The zero-order chi connectivity index (χ0) is 16.9. The fourth-order valence-corrected chi connectivity index (χ4v) is 2.63. The molecular weight excluding hydrogens is 288 g/mol. The molecule has 1 aliphatic carbocycles. The molecular formula is C19H28N2O2. The Kier molecular flexibility index (Phi) is 5.80. The highest BCUT2D eigenvalue weighted by Crippen LogP contribution is 2.46. The quantitative estimate of drug-likeness (QED) is 0.565. The minimum atomic E-state index is -0.844. The second-order valence-corrected chi connectivity index (χ2v) is 6.78. The van der Waals surface area contributed by atoms with Crippen LogP contribution < -0.4 is 10.6 Å². The van der Waals surface area contributed by atoms with E-state index in [1.54, 1.807) is 0 Å². The van der Waals surface area contributed by atoms with Gasteiger partial charge in [-0.05, 0) is 42.9 Å². The zero-order valence-corrected chi connectivity index (χ0v) is 14.4. The van der Waals surface area contributed by atoms with E-state index in [9.17, 15) is 9.59 Å². The van der Waals surface area contributed by atoms with Gasteiger partial charge in [0.1, 0.15) is 5.41 Å². The molecule has 0 radical (unpaired) electrons. The maximum atomic E-state index is 12.5. The molecule has 1 aliphatic rings. The van der Waals surface area contributed by atoms with Gasteiger partial charge in [0.25, 0.3) is 0 Å². The van der Waals surface area contributed by atoms with Crippen LogP contribution >= 0.6 is 0 Å². The van der Waals surface area contributed by atoms with E-state index in [2.05, 4.69) is 31.4 Å². The lowest BCUT2D eigenvalue weighted by Gasteiger charge is -2.16. The van der Waals surface area contributed by atoms with E-state index in [0.717, 1.165) is 24.9 Å². The summed E-state index contributed by atoms with van der Waals surface area (Å²) in [7, 11) is 0. The Balaban J connectivity index is 1.90. The van der Waals surface area contributed by atoms with E-state index in [4.69, 9.17) is 0 Å². The van der Waals surface area contributed by atoms with Crippen LogP contribution in [-0.2, 0) is 9.59 Å². The molecule has 23 heavy (non-hydrogen) atoms. The Bertz CT molecular complexity index is 545. The van der Waals surface area contributed by atoms with Crippen LogP contribution in [0.1, 0.15) is 64.4 Å². The number of rotatable bonds is 8. The Morgan fingerprint density at radius 2 is 1.74 bits per heavy atom. The van der Waals surface area contributed by atoms with Crippen molar-refractivity contribution in [2.75, 3.05) is 11.9 Å². The molecule has 1 aromatic carbocycles. The minimum Gasteiger partial charge on any atom is -0.355 e. The van der Waals surface area contributed by atoms with Crippen LogP contribution in [0.25, 0.3) is 0 Å². The summed E-state index contributed by atoms with van der Waals surface area (Å²) in [6.07, 6.45) is 4.47. The second kappa shape index (κ2) is 7.62. The highest BCUT2D eigenvalue weighted by molar-refractivity contribution is 6.13. The topological polar surface area (TPSA) is 58.2 Å². The van der Waals surface area contributed by atoms with Gasteiger partial charge in [-0.1, -0.05) is 45.7 Å². The molecule has 2 amide bonds. The molecule has 0 unspecified atom stereocenters. The number of unbranched alkanes of at least 4 members (excludes halogenated alkanes) is 2. The van der Waals surface area contributed by atoms with Crippen LogP contribution in [0.3, 0.4) is 0 Å². The van der Waals surface area contributed by atoms with Gasteiger partial charge in [-0.2, -0.15) is 0 Å². The highest BCUT2D eigenvalue weighted by atomic mass is 16.2. The van der Waals surface area contributed by atoms with Crippen molar-refractivity contribution in [3.8, 4) is 0 Å². The van der Waals surface area contributed by atoms with Crippen molar-refractivity contribution < 1.29 is 9.59 Å². The lowest BCUT2D eigenvalue weighted by atomic mass is 10.0. The third-order valence-electron chi connectivity index (χ3n) is 4.52. The Morgan fingerprint density at radius 3 is 2.26 bits per heavy atom. The van der Waals surface area contributed by atoms with Crippen molar-refractivity contribution in [1.82, 2.24) is 5.32 Å². The molecule has 2 rings (SSSR count). The maximum absolute atomic E-state index is 12.5. The Hall–Kier alpha value is -1.84. The number of carbonyl (C=O) groups is 2. The van der Waals surface area contributed by atoms with Gasteiger partial charge in [-0.15, -0.1) is 0 Å². The van der Waals surface area contributed by atoms with Gasteiger partial charge in [-0.3, -0.25) is 9.59 Å². The minimum absolute atomic E-state index is 0.120. The van der Waals surface area contributed by atoms with Crippen LogP contribution in [0.4, 0.5) is 5.69 Å². The predicted molar refractivity (Wildman–Crippen MR) is 93.4 cm³/mol. The lowest BCUT2D eigenvalue weighted by Crippen LogP contribution is -2.40. The molecule has 0 atom stereocenters. The summed E-state index contributed by atoms with van der Waals surface area (Å²) in [5.41, 5.74) is 1.14. The third kappa shape index (κ3) is 4.34. The molecule has 0 spiro atoms. The van der Waals surface area contributed by atoms with Crippen LogP contribution in [0.2, 0.25) is 0 Å². The van der Waals surface area contributed by atoms with Gasteiger partial charge in [0, 0.05) is 12.2 Å². The van der Waals surface area contributed by atoms with Gasteiger partial charge in [0.05, 0.1) is 0 Å². The molecule has 1 fully saturated rings. The van der Waals surface area contributed by atoms with Crippen LogP contribution in [0.15, 0.2) is 24.3 Å². The number of hydrogen-bond donors (Lipinski definition) is 2. The smallest absolute Gasteiger partial charge is 0.240 e. The van der Waals surface area contributed by atoms with Gasteiger partial charge < -0.3 is 10.6 Å². The van der Waals surface area contributed by atoms with Crippen LogP contribution in [0, 0.1) is 5.41 Å². The third-order valence-corrected chi connectivity index (χ3v) is 4.52. The lowest BCUT2D eigenvalue weighted by molar-refractivity contribution is -0.134. The van der Waals surface area contributed by atoms with Gasteiger partial charge >= 0.3 is 0 Å². The van der Waals surface area contributed by atoms with E-state index in [1.165, 1.54) is 5.56 Å². The molecule has 0 aromatic heterocycles. The monoisotopic (exact) mass is 316 g/mol. The first kappa shape index (κ1) is 17.5. The number of amides is 2.